The van der Waals surface area contributed by atoms with Crippen molar-refractivity contribution in [1.82, 2.24) is 15.6 Å². The quantitative estimate of drug-likeness (QED) is 0.636. The van der Waals surface area contributed by atoms with Crippen molar-refractivity contribution in [3.63, 3.8) is 0 Å². The molecule has 0 aliphatic carbocycles. The van der Waals surface area contributed by atoms with Crippen LogP contribution in [0.5, 0.6) is 0 Å². The summed E-state index contributed by atoms with van der Waals surface area (Å²) < 4.78 is 5.83. The summed E-state index contributed by atoms with van der Waals surface area (Å²) in [5.74, 6) is 0.839. The van der Waals surface area contributed by atoms with E-state index in [1.54, 1.807) is 18.4 Å². The number of aromatic nitrogens is 1. The first-order chi connectivity index (χ1) is 8.85. The van der Waals surface area contributed by atoms with Crippen LogP contribution in [0.2, 0.25) is 0 Å². The van der Waals surface area contributed by atoms with Gasteiger partial charge in [-0.05, 0) is 19.3 Å². The van der Waals surface area contributed by atoms with E-state index < -0.39 is 0 Å². The number of thiazole rings is 1. The number of nitrogens with one attached hydrogen (secondary N) is 2. The topological polar surface area (TPSA) is 58.5 Å². The second kappa shape index (κ2) is 5.24. The minimum atomic E-state index is 0.369. The van der Waals surface area contributed by atoms with Crippen LogP contribution in [0.3, 0.4) is 0 Å². The van der Waals surface area contributed by atoms with E-state index in [4.69, 9.17) is 4.74 Å². The van der Waals surface area contributed by atoms with Crippen LogP contribution in [-0.4, -0.2) is 36.2 Å². The minimum Gasteiger partial charge on any atom is -0.373 e. The van der Waals surface area contributed by atoms with Crippen LogP contribution in [0.15, 0.2) is 16.6 Å². The number of hydrogen-bond donors (Lipinski definition) is 2. The zero-order valence-corrected chi connectivity index (χ0v) is 11.2. The highest BCUT2D eigenvalue weighted by molar-refractivity contribution is 7.09. The van der Waals surface area contributed by atoms with E-state index in [2.05, 4.69) is 20.6 Å². The highest BCUT2D eigenvalue weighted by Gasteiger charge is 2.41. The maximum Gasteiger partial charge on any atom is 0.191 e. The molecule has 18 heavy (non-hydrogen) atoms. The maximum absolute atomic E-state index is 5.83. The number of aliphatic imine (C=N–C) groups is 1. The van der Waals surface area contributed by atoms with Gasteiger partial charge in [0.25, 0.3) is 0 Å². The smallest absolute Gasteiger partial charge is 0.191 e. The lowest BCUT2D eigenvalue weighted by Gasteiger charge is -2.22. The van der Waals surface area contributed by atoms with Crippen LogP contribution in [0.4, 0.5) is 0 Å². The van der Waals surface area contributed by atoms with Crippen LogP contribution in [0, 0.1) is 0 Å². The minimum absolute atomic E-state index is 0.369. The third-order valence-electron chi connectivity index (χ3n) is 3.54. The van der Waals surface area contributed by atoms with Crippen molar-refractivity contribution in [1.29, 1.82) is 0 Å². The van der Waals surface area contributed by atoms with E-state index in [-0.39, 0.29) is 0 Å². The summed E-state index contributed by atoms with van der Waals surface area (Å²) in [4.78, 5) is 8.49. The van der Waals surface area contributed by atoms with Crippen LogP contribution >= 0.6 is 11.3 Å². The van der Waals surface area contributed by atoms with E-state index in [0.29, 0.717) is 18.2 Å². The maximum atomic E-state index is 5.83. The van der Waals surface area contributed by atoms with E-state index in [1.807, 2.05) is 11.6 Å². The molecule has 2 bridgehead atoms. The number of nitrogens with zero attached hydrogens (tertiary/aromatic N) is 2. The number of guanidine groups is 1. The zero-order valence-electron chi connectivity index (χ0n) is 10.4. The van der Waals surface area contributed by atoms with Crippen molar-refractivity contribution < 1.29 is 4.74 Å². The van der Waals surface area contributed by atoms with Crippen molar-refractivity contribution in [2.24, 2.45) is 4.99 Å². The molecule has 6 heteroatoms. The molecule has 5 nitrogen and oxygen atoms in total. The SMILES string of the molecule is CN=C(NCc1nccs1)NC1CC2CCC1O2. The molecule has 2 saturated heterocycles. The first kappa shape index (κ1) is 11.9. The molecule has 0 radical (unpaired) electrons. The van der Waals surface area contributed by atoms with Crippen molar-refractivity contribution in [3.8, 4) is 0 Å². The summed E-state index contributed by atoms with van der Waals surface area (Å²) in [7, 11) is 1.80. The Balaban J connectivity index is 1.51. The first-order valence-corrected chi connectivity index (χ1v) is 7.24. The molecule has 3 unspecified atom stereocenters. The standard InChI is InChI=1S/C12H18N4OS/c1-13-12(15-7-11-14-4-5-18-11)16-9-6-8-2-3-10(9)17-8/h4-5,8-10H,2-3,6-7H2,1H3,(H2,13,15,16). The van der Waals surface area contributed by atoms with Gasteiger partial charge in [-0.25, -0.2) is 4.98 Å². The molecular weight excluding hydrogens is 248 g/mol. The molecule has 2 fully saturated rings. The molecule has 1 aromatic heterocycles. The van der Waals surface area contributed by atoms with Crippen LogP contribution in [-0.2, 0) is 11.3 Å². The molecular formula is C12H18N4OS. The molecule has 0 aromatic carbocycles. The first-order valence-electron chi connectivity index (χ1n) is 6.36. The lowest BCUT2D eigenvalue weighted by atomic mass is 9.96. The highest BCUT2D eigenvalue weighted by Crippen LogP contribution is 2.34. The number of hydrogen-bond acceptors (Lipinski definition) is 4. The fourth-order valence-electron chi connectivity index (χ4n) is 2.66. The van der Waals surface area contributed by atoms with Gasteiger partial charge in [0.05, 0.1) is 24.8 Å². The Kier molecular flexibility index (Phi) is 3.47. The van der Waals surface area contributed by atoms with Gasteiger partial charge in [0.2, 0.25) is 0 Å². The lowest BCUT2D eigenvalue weighted by molar-refractivity contribution is 0.0992. The van der Waals surface area contributed by atoms with Gasteiger partial charge in [0.15, 0.2) is 5.96 Å². The van der Waals surface area contributed by atoms with Gasteiger partial charge in [0.1, 0.15) is 5.01 Å². The van der Waals surface area contributed by atoms with Crippen LogP contribution in [0.1, 0.15) is 24.3 Å². The summed E-state index contributed by atoms with van der Waals surface area (Å²) in [6, 6.07) is 0.409. The van der Waals surface area contributed by atoms with E-state index in [1.165, 1.54) is 12.8 Å². The largest absolute Gasteiger partial charge is 0.373 e. The van der Waals surface area contributed by atoms with Gasteiger partial charge in [-0.1, -0.05) is 0 Å². The number of rotatable bonds is 3. The monoisotopic (exact) mass is 266 g/mol. The third kappa shape index (κ3) is 2.49. The predicted octanol–water partition coefficient (Wildman–Crippen LogP) is 1.13. The molecule has 1 aromatic rings. The van der Waals surface area contributed by atoms with Gasteiger partial charge in [0, 0.05) is 18.6 Å². The Labute approximate surface area is 111 Å². The van der Waals surface area contributed by atoms with Crippen molar-refractivity contribution in [2.45, 2.75) is 44.1 Å². The summed E-state index contributed by atoms with van der Waals surface area (Å²) in [6.07, 6.45) is 6.14. The summed E-state index contributed by atoms with van der Waals surface area (Å²) in [5, 5.41) is 9.79. The number of ether oxygens (including phenoxy) is 1. The van der Waals surface area contributed by atoms with Gasteiger partial charge < -0.3 is 15.4 Å². The molecule has 0 amide bonds. The summed E-state index contributed by atoms with van der Waals surface area (Å²) in [6.45, 7) is 0.721. The second-order valence-electron chi connectivity index (χ2n) is 4.71. The molecule has 2 N–H and O–H groups in total. The zero-order chi connectivity index (χ0) is 12.4. The Morgan fingerprint density at radius 1 is 1.61 bits per heavy atom. The van der Waals surface area contributed by atoms with Gasteiger partial charge >= 0.3 is 0 Å². The summed E-state index contributed by atoms with van der Waals surface area (Å²) in [5.41, 5.74) is 0. The molecule has 0 saturated carbocycles. The van der Waals surface area contributed by atoms with E-state index in [0.717, 1.165) is 23.9 Å². The molecule has 98 valence electrons. The fourth-order valence-corrected chi connectivity index (χ4v) is 3.22. The van der Waals surface area contributed by atoms with E-state index >= 15 is 0 Å². The fraction of sp³-hybridized carbons (Fsp3) is 0.667. The lowest BCUT2D eigenvalue weighted by Crippen LogP contribution is -2.47. The van der Waals surface area contributed by atoms with Crippen molar-refractivity contribution in [3.05, 3.63) is 16.6 Å². The van der Waals surface area contributed by atoms with Crippen LogP contribution < -0.4 is 10.6 Å². The molecule has 3 rings (SSSR count). The normalized spacial score (nSPS) is 30.7. The molecule has 2 aliphatic rings. The Bertz CT molecular complexity index is 420. The highest BCUT2D eigenvalue weighted by atomic mass is 32.1. The summed E-state index contributed by atoms with van der Waals surface area (Å²) >= 11 is 1.65. The average molecular weight is 266 g/mol. The third-order valence-corrected chi connectivity index (χ3v) is 4.32. The molecule has 3 heterocycles. The average Bonchev–Trinajstić information content (AvgIpc) is 3.10. The van der Waals surface area contributed by atoms with Crippen molar-refractivity contribution in [2.75, 3.05) is 7.05 Å². The Morgan fingerprint density at radius 3 is 3.17 bits per heavy atom. The van der Waals surface area contributed by atoms with Gasteiger partial charge in [-0.3, -0.25) is 4.99 Å². The van der Waals surface area contributed by atoms with Gasteiger partial charge in [-0.15, -0.1) is 11.3 Å². The van der Waals surface area contributed by atoms with Crippen LogP contribution in [0.25, 0.3) is 0 Å². The van der Waals surface area contributed by atoms with E-state index in [9.17, 15) is 0 Å². The Morgan fingerprint density at radius 2 is 2.56 bits per heavy atom. The number of fused-ring (bicyclic) bond motifs is 2. The Hall–Kier alpha value is -1.14. The predicted molar refractivity (Wildman–Crippen MR) is 71.7 cm³/mol. The van der Waals surface area contributed by atoms with Gasteiger partial charge in [-0.2, -0.15) is 0 Å². The molecule has 2 aliphatic heterocycles. The second-order valence-corrected chi connectivity index (χ2v) is 5.69. The molecule has 3 atom stereocenters. The molecule has 0 spiro atoms. The van der Waals surface area contributed by atoms with Crippen molar-refractivity contribution >= 4 is 17.3 Å².